The van der Waals surface area contributed by atoms with Crippen molar-refractivity contribution in [1.82, 2.24) is 20.1 Å². The number of hydrogen-bond acceptors (Lipinski definition) is 4. The van der Waals surface area contributed by atoms with Crippen molar-refractivity contribution in [3.05, 3.63) is 48.0 Å². The first-order chi connectivity index (χ1) is 14.7. The van der Waals surface area contributed by atoms with E-state index in [-0.39, 0.29) is 11.0 Å². The SMILES string of the molecule is c1ccc([C@]2(CCNC3CC4(CCC4)n4nccc43)CCOC3(CCCC3)C2)nc1. The fourth-order valence-corrected chi connectivity index (χ4v) is 7.00. The molecule has 2 atom stereocenters. The second-order valence-corrected chi connectivity index (χ2v) is 10.4. The van der Waals surface area contributed by atoms with Gasteiger partial charge in [-0.25, -0.2) is 0 Å². The summed E-state index contributed by atoms with van der Waals surface area (Å²) in [4.78, 5) is 4.86. The van der Waals surface area contributed by atoms with E-state index in [1.807, 2.05) is 18.5 Å². The number of pyridine rings is 1. The molecule has 1 unspecified atom stereocenters. The van der Waals surface area contributed by atoms with Crippen molar-refractivity contribution in [2.24, 2.45) is 0 Å². The van der Waals surface area contributed by atoms with Crippen LogP contribution in [-0.2, 0) is 15.7 Å². The number of aromatic nitrogens is 3. The highest BCUT2D eigenvalue weighted by Gasteiger charge is 2.50. The van der Waals surface area contributed by atoms with Gasteiger partial charge >= 0.3 is 0 Å². The Morgan fingerprint density at radius 1 is 1.03 bits per heavy atom. The maximum Gasteiger partial charge on any atom is 0.0691 e. The third kappa shape index (κ3) is 2.96. The summed E-state index contributed by atoms with van der Waals surface area (Å²) in [6.07, 6.45) is 17.5. The normalized spacial score (nSPS) is 31.1. The first-order valence-corrected chi connectivity index (χ1v) is 12.1. The van der Waals surface area contributed by atoms with Gasteiger partial charge in [0, 0.05) is 30.1 Å². The average Bonchev–Trinajstić information content (AvgIpc) is 3.46. The van der Waals surface area contributed by atoms with Crippen LogP contribution in [0.2, 0.25) is 0 Å². The Hall–Kier alpha value is -1.72. The Labute approximate surface area is 179 Å². The van der Waals surface area contributed by atoms with Crippen LogP contribution in [0.5, 0.6) is 0 Å². The van der Waals surface area contributed by atoms with Gasteiger partial charge < -0.3 is 10.1 Å². The van der Waals surface area contributed by atoms with Gasteiger partial charge in [0.1, 0.15) is 0 Å². The van der Waals surface area contributed by atoms with Gasteiger partial charge in [-0.05, 0) is 82.5 Å². The first-order valence-electron chi connectivity index (χ1n) is 12.1. The molecule has 160 valence electrons. The Balaban J connectivity index is 1.20. The maximum atomic E-state index is 6.41. The van der Waals surface area contributed by atoms with E-state index < -0.39 is 0 Å². The fraction of sp³-hybridized carbons (Fsp3) is 0.680. The molecule has 1 N–H and O–H groups in total. The third-order valence-corrected chi connectivity index (χ3v) is 8.71. The van der Waals surface area contributed by atoms with Crippen molar-refractivity contribution >= 4 is 0 Å². The monoisotopic (exact) mass is 406 g/mol. The predicted molar refractivity (Wildman–Crippen MR) is 116 cm³/mol. The topological polar surface area (TPSA) is 52.0 Å². The molecule has 2 aromatic heterocycles. The highest BCUT2D eigenvalue weighted by molar-refractivity contribution is 5.22. The zero-order chi connectivity index (χ0) is 20.1. The van der Waals surface area contributed by atoms with E-state index in [1.165, 1.54) is 62.8 Å². The summed E-state index contributed by atoms with van der Waals surface area (Å²) >= 11 is 0. The van der Waals surface area contributed by atoms with Crippen LogP contribution in [0.25, 0.3) is 0 Å². The van der Waals surface area contributed by atoms with Crippen molar-refractivity contribution in [2.45, 2.75) is 93.2 Å². The molecule has 2 saturated carbocycles. The molecule has 0 aromatic carbocycles. The minimum absolute atomic E-state index is 0.0950. The highest BCUT2D eigenvalue weighted by Crippen LogP contribution is 2.52. The predicted octanol–water partition coefficient (Wildman–Crippen LogP) is 4.64. The van der Waals surface area contributed by atoms with Crippen LogP contribution < -0.4 is 5.32 Å². The molecule has 0 bridgehead atoms. The van der Waals surface area contributed by atoms with Crippen LogP contribution in [0.3, 0.4) is 0 Å². The molecule has 2 aromatic rings. The van der Waals surface area contributed by atoms with Gasteiger partial charge in [0.05, 0.1) is 22.9 Å². The van der Waals surface area contributed by atoms with Gasteiger partial charge in [-0.3, -0.25) is 9.67 Å². The second kappa shape index (κ2) is 7.16. The van der Waals surface area contributed by atoms with Crippen LogP contribution in [0.15, 0.2) is 36.7 Å². The smallest absolute Gasteiger partial charge is 0.0691 e. The summed E-state index contributed by atoms with van der Waals surface area (Å²) in [7, 11) is 0. The maximum absolute atomic E-state index is 6.41. The molecule has 5 heteroatoms. The Bertz CT molecular complexity index is 884. The number of nitrogens with one attached hydrogen (secondary N) is 1. The Kier molecular flexibility index (Phi) is 4.54. The van der Waals surface area contributed by atoms with Crippen molar-refractivity contribution in [1.29, 1.82) is 0 Å². The summed E-state index contributed by atoms with van der Waals surface area (Å²) in [6.45, 7) is 1.90. The van der Waals surface area contributed by atoms with Gasteiger partial charge in [0.2, 0.25) is 0 Å². The fourth-order valence-electron chi connectivity index (χ4n) is 7.00. The Morgan fingerprint density at radius 3 is 2.70 bits per heavy atom. The lowest BCUT2D eigenvalue weighted by Gasteiger charge is -2.46. The molecule has 4 aliphatic rings. The lowest BCUT2D eigenvalue weighted by Crippen LogP contribution is -2.47. The van der Waals surface area contributed by atoms with E-state index in [0.717, 1.165) is 32.4 Å². The number of ether oxygens (including phenoxy) is 1. The average molecular weight is 407 g/mol. The van der Waals surface area contributed by atoms with Crippen LogP contribution in [-0.4, -0.2) is 33.5 Å². The van der Waals surface area contributed by atoms with Gasteiger partial charge in [0.15, 0.2) is 0 Å². The Morgan fingerprint density at radius 2 is 1.93 bits per heavy atom. The molecule has 5 nitrogen and oxygen atoms in total. The third-order valence-electron chi connectivity index (χ3n) is 8.71. The van der Waals surface area contributed by atoms with Crippen molar-refractivity contribution < 1.29 is 4.74 Å². The number of hydrogen-bond donors (Lipinski definition) is 1. The van der Waals surface area contributed by atoms with Gasteiger partial charge in [0.25, 0.3) is 0 Å². The standard InChI is InChI=1S/C25H34N4O/c1-4-14-27-22(6-1)23(13-17-30-25(19-23)10-2-3-11-25)12-16-26-20-18-24(8-5-9-24)29-21(20)7-15-28-29/h1,4,6-7,14-15,20,26H,2-3,5,8-13,16-19H2/t20?,23-/m1/s1. The van der Waals surface area contributed by atoms with E-state index in [1.54, 1.807) is 0 Å². The molecule has 6 rings (SSSR count). The van der Waals surface area contributed by atoms with Crippen LogP contribution in [0, 0.1) is 0 Å². The van der Waals surface area contributed by atoms with Crippen LogP contribution >= 0.6 is 0 Å². The second-order valence-electron chi connectivity index (χ2n) is 10.4. The van der Waals surface area contributed by atoms with E-state index in [0.29, 0.717) is 11.6 Å². The lowest BCUT2D eigenvalue weighted by molar-refractivity contribution is -0.104. The lowest BCUT2D eigenvalue weighted by atomic mass is 9.68. The summed E-state index contributed by atoms with van der Waals surface area (Å²) < 4.78 is 8.75. The molecule has 1 saturated heterocycles. The first kappa shape index (κ1) is 19.0. The molecule has 3 fully saturated rings. The van der Waals surface area contributed by atoms with E-state index in [2.05, 4.69) is 33.3 Å². The molecule has 4 heterocycles. The molecule has 0 amide bonds. The quantitative estimate of drug-likeness (QED) is 0.786. The van der Waals surface area contributed by atoms with Gasteiger partial charge in [-0.2, -0.15) is 5.10 Å². The minimum Gasteiger partial charge on any atom is -0.375 e. The minimum atomic E-state index is 0.0950. The van der Waals surface area contributed by atoms with Crippen molar-refractivity contribution in [3.8, 4) is 0 Å². The zero-order valence-electron chi connectivity index (χ0n) is 18.0. The zero-order valence-corrected chi connectivity index (χ0v) is 18.0. The van der Waals surface area contributed by atoms with E-state index in [4.69, 9.17) is 9.72 Å². The van der Waals surface area contributed by atoms with Crippen molar-refractivity contribution in [2.75, 3.05) is 13.2 Å². The summed E-state index contributed by atoms with van der Waals surface area (Å²) in [5.41, 5.74) is 3.19. The highest BCUT2D eigenvalue weighted by atomic mass is 16.5. The molecule has 2 aliphatic heterocycles. The summed E-state index contributed by atoms with van der Waals surface area (Å²) in [5.74, 6) is 0. The summed E-state index contributed by atoms with van der Waals surface area (Å²) in [6, 6.07) is 9.11. The number of rotatable bonds is 5. The molecule has 30 heavy (non-hydrogen) atoms. The number of fused-ring (bicyclic) bond motifs is 2. The molecule has 2 spiro atoms. The van der Waals surface area contributed by atoms with Crippen LogP contribution in [0.4, 0.5) is 0 Å². The molecule has 0 radical (unpaired) electrons. The van der Waals surface area contributed by atoms with Crippen LogP contribution in [0.1, 0.15) is 88.1 Å². The van der Waals surface area contributed by atoms with E-state index in [9.17, 15) is 0 Å². The molecular formula is C25H34N4O. The number of nitrogens with zero attached hydrogens (tertiary/aromatic N) is 3. The van der Waals surface area contributed by atoms with Gasteiger partial charge in [-0.15, -0.1) is 0 Å². The van der Waals surface area contributed by atoms with Gasteiger partial charge in [-0.1, -0.05) is 18.9 Å². The van der Waals surface area contributed by atoms with Crippen molar-refractivity contribution in [3.63, 3.8) is 0 Å². The molecule has 2 aliphatic carbocycles. The summed E-state index contributed by atoms with van der Waals surface area (Å²) in [5, 5.41) is 8.62. The molecular weight excluding hydrogens is 372 g/mol. The van der Waals surface area contributed by atoms with E-state index >= 15 is 0 Å². The largest absolute Gasteiger partial charge is 0.375 e.